The topological polar surface area (TPSA) is 52.6 Å². The van der Waals surface area contributed by atoms with E-state index in [0.29, 0.717) is 6.54 Å². The second kappa shape index (κ2) is 4.94. The lowest BCUT2D eigenvalue weighted by atomic mass is 9.64. The molecule has 2 saturated heterocycles. The Bertz CT molecular complexity index is 452. The monoisotopic (exact) mass is 260 g/mol. The van der Waals surface area contributed by atoms with E-state index in [-0.39, 0.29) is 24.0 Å². The number of hydrogen-bond donors (Lipinski definition) is 2. The summed E-state index contributed by atoms with van der Waals surface area (Å²) in [5.41, 5.74) is 0.991. The van der Waals surface area contributed by atoms with Gasteiger partial charge >= 0.3 is 0 Å². The first kappa shape index (κ1) is 12.6. The van der Waals surface area contributed by atoms with E-state index in [1.54, 1.807) is 0 Å². The molecule has 1 aromatic carbocycles. The van der Waals surface area contributed by atoms with Gasteiger partial charge in [0.25, 0.3) is 0 Å². The van der Waals surface area contributed by atoms with Crippen molar-refractivity contribution >= 4 is 5.91 Å². The third-order valence-corrected chi connectivity index (χ3v) is 4.58. The van der Waals surface area contributed by atoms with E-state index in [1.807, 2.05) is 18.2 Å². The van der Waals surface area contributed by atoms with Gasteiger partial charge < -0.3 is 15.3 Å². The summed E-state index contributed by atoms with van der Waals surface area (Å²) < 4.78 is 0. The molecule has 2 aliphatic rings. The number of carbonyl (C=O) groups is 1. The maximum Gasteiger partial charge on any atom is 0.229 e. The van der Waals surface area contributed by atoms with E-state index in [2.05, 4.69) is 22.3 Å². The molecule has 0 saturated carbocycles. The molecule has 2 heterocycles. The Morgan fingerprint density at radius 2 is 1.95 bits per heavy atom. The van der Waals surface area contributed by atoms with Gasteiger partial charge in [-0.2, -0.15) is 0 Å². The Balaban J connectivity index is 1.74. The third kappa shape index (κ3) is 2.05. The SMILES string of the molecule is O=C1N[C@H](c2ccccc2)C12CCN(CCO)CC2. The van der Waals surface area contributed by atoms with Crippen molar-refractivity contribution in [3.63, 3.8) is 0 Å². The van der Waals surface area contributed by atoms with Crippen LogP contribution in [0.5, 0.6) is 0 Å². The fourth-order valence-corrected chi connectivity index (χ4v) is 3.35. The summed E-state index contributed by atoms with van der Waals surface area (Å²) in [6.07, 6.45) is 1.77. The van der Waals surface area contributed by atoms with Crippen LogP contribution in [0.4, 0.5) is 0 Å². The summed E-state index contributed by atoms with van der Waals surface area (Å²) in [5, 5.41) is 12.0. The minimum Gasteiger partial charge on any atom is -0.395 e. The number of hydrogen-bond acceptors (Lipinski definition) is 3. The quantitative estimate of drug-likeness (QED) is 0.795. The van der Waals surface area contributed by atoms with Gasteiger partial charge in [0.2, 0.25) is 5.91 Å². The van der Waals surface area contributed by atoms with Gasteiger partial charge in [0.15, 0.2) is 0 Å². The second-order valence-electron chi connectivity index (χ2n) is 5.54. The number of nitrogens with zero attached hydrogens (tertiary/aromatic N) is 1. The van der Waals surface area contributed by atoms with Crippen LogP contribution in [-0.2, 0) is 4.79 Å². The average molecular weight is 260 g/mol. The molecule has 3 rings (SSSR count). The van der Waals surface area contributed by atoms with Crippen molar-refractivity contribution in [1.29, 1.82) is 0 Å². The standard InChI is InChI=1S/C15H20N2O2/c18-11-10-17-8-6-15(7-9-17)13(16-14(15)19)12-4-2-1-3-5-12/h1-5,13,18H,6-11H2,(H,16,19)/t13-/m1/s1. The number of piperidine rings is 1. The molecule has 0 aromatic heterocycles. The molecule has 4 heteroatoms. The molecule has 0 bridgehead atoms. The van der Waals surface area contributed by atoms with Gasteiger partial charge in [0.05, 0.1) is 18.1 Å². The average Bonchev–Trinajstić information content (AvgIpc) is 2.47. The van der Waals surface area contributed by atoms with Crippen molar-refractivity contribution in [3.05, 3.63) is 35.9 Å². The molecule has 4 nitrogen and oxygen atoms in total. The summed E-state index contributed by atoms with van der Waals surface area (Å²) in [7, 11) is 0. The van der Waals surface area contributed by atoms with Crippen molar-refractivity contribution in [3.8, 4) is 0 Å². The summed E-state index contributed by atoms with van der Waals surface area (Å²) in [6, 6.07) is 10.4. The number of aliphatic hydroxyl groups is 1. The number of β-lactam (4-membered cyclic amide) rings is 1. The number of likely N-dealkylation sites (tertiary alicyclic amines) is 1. The minimum atomic E-state index is -0.215. The number of aliphatic hydroxyl groups excluding tert-OH is 1. The fourth-order valence-electron chi connectivity index (χ4n) is 3.35. The number of β-amino-alcohol motifs (C(OH)–C–C–N with tert-alkyl or cyclic N) is 1. The lowest BCUT2D eigenvalue weighted by molar-refractivity contribution is -0.151. The van der Waals surface area contributed by atoms with Crippen LogP contribution in [0.2, 0.25) is 0 Å². The molecule has 1 spiro atoms. The Labute approximate surface area is 113 Å². The van der Waals surface area contributed by atoms with E-state index < -0.39 is 0 Å². The molecule has 1 atom stereocenters. The van der Waals surface area contributed by atoms with Gasteiger partial charge in [-0.25, -0.2) is 0 Å². The van der Waals surface area contributed by atoms with Crippen molar-refractivity contribution in [1.82, 2.24) is 10.2 Å². The summed E-state index contributed by atoms with van der Waals surface area (Å²) in [6.45, 7) is 2.71. The highest BCUT2D eigenvalue weighted by atomic mass is 16.3. The minimum absolute atomic E-state index is 0.164. The molecule has 102 valence electrons. The van der Waals surface area contributed by atoms with Crippen LogP contribution in [0.3, 0.4) is 0 Å². The molecule has 2 aliphatic heterocycles. The molecular formula is C15H20N2O2. The van der Waals surface area contributed by atoms with Crippen LogP contribution in [0.15, 0.2) is 30.3 Å². The number of rotatable bonds is 3. The van der Waals surface area contributed by atoms with Crippen LogP contribution >= 0.6 is 0 Å². The Kier molecular flexibility index (Phi) is 3.29. The zero-order valence-corrected chi connectivity index (χ0v) is 11.0. The van der Waals surface area contributed by atoms with Crippen LogP contribution < -0.4 is 5.32 Å². The molecule has 1 amide bonds. The van der Waals surface area contributed by atoms with Gasteiger partial charge in [-0.15, -0.1) is 0 Å². The number of carbonyl (C=O) groups excluding carboxylic acids is 1. The van der Waals surface area contributed by atoms with Gasteiger partial charge in [-0.3, -0.25) is 4.79 Å². The highest BCUT2D eigenvalue weighted by Gasteiger charge is 2.56. The van der Waals surface area contributed by atoms with Crippen LogP contribution in [0.25, 0.3) is 0 Å². The summed E-state index contributed by atoms with van der Waals surface area (Å²) in [5.74, 6) is 0.199. The van der Waals surface area contributed by atoms with Crippen molar-refractivity contribution in [2.45, 2.75) is 18.9 Å². The van der Waals surface area contributed by atoms with E-state index in [0.717, 1.165) is 25.9 Å². The number of benzene rings is 1. The normalized spacial score (nSPS) is 25.9. The number of amides is 1. The molecular weight excluding hydrogens is 240 g/mol. The van der Waals surface area contributed by atoms with E-state index in [9.17, 15) is 4.79 Å². The molecule has 1 aromatic rings. The van der Waals surface area contributed by atoms with E-state index in [4.69, 9.17) is 5.11 Å². The van der Waals surface area contributed by atoms with Gasteiger partial charge in [0.1, 0.15) is 0 Å². The maximum absolute atomic E-state index is 12.1. The van der Waals surface area contributed by atoms with E-state index >= 15 is 0 Å². The van der Waals surface area contributed by atoms with Crippen LogP contribution in [0, 0.1) is 5.41 Å². The smallest absolute Gasteiger partial charge is 0.229 e. The molecule has 2 fully saturated rings. The highest BCUT2D eigenvalue weighted by Crippen LogP contribution is 2.49. The Hall–Kier alpha value is -1.39. The van der Waals surface area contributed by atoms with Gasteiger partial charge in [-0.1, -0.05) is 30.3 Å². The third-order valence-electron chi connectivity index (χ3n) is 4.58. The predicted octanol–water partition coefficient (Wildman–Crippen LogP) is 0.932. The Morgan fingerprint density at radius 3 is 2.53 bits per heavy atom. The molecule has 0 radical (unpaired) electrons. The fraction of sp³-hybridized carbons (Fsp3) is 0.533. The molecule has 0 aliphatic carbocycles. The lowest BCUT2D eigenvalue weighted by Crippen LogP contribution is -2.64. The largest absolute Gasteiger partial charge is 0.395 e. The lowest BCUT2D eigenvalue weighted by Gasteiger charge is -2.52. The highest BCUT2D eigenvalue weighted by molar-refractivity contribution is 5.90. The molecule has 2 N–H and O–H groups in total. The van der Waals surface area contributed by atoms with E-state index in [1.165, 1.54) is 5.56 Å². The van der Waals surface area contributed by atoms with Crippen molar-refractivity contribution < 1.29 is 9.90 Å². The zero-order chi connectivity index (χ0) is 13.3. The van der Waals surface area contributed by atoms with Crippen molar-refractivity contribution in [2.75, 3.05) is 26.2 Å². The number of nitrogens with one attached hydrogen (secondary N) is 1. The first-order valence-electron chi connectivity index (χ1n) is 6.95. The summed E-state index contributed by atoms with van der Waals surface area (Å²) in [4.78, 5) is 14.3. The zero-order valence-electron chi connectivity index (χ0n) is 11.0. The van der Waals surface area contributed by atoms with Gasteiger partial charge in [-0.05, 0) is 31.5 Å². The van der Waals surface area contributed by atoms with Crippen LogP contribution in [0.1, 0.15) is 24.4 Å². The molecule has 19 heavy (non-hydrogen) atoms. The molecule has 0 unspecified atom stereocenters. The summed E-state index contributed by atoms with van der Waals surface area (Å²) >= 11 is 0. The maximum atomic E-state index is 12.1. The Morgan fingerprint density at radius 1 is 1.26 bits per heavy atom. The van der Waals surface area contributed by atoms with Crippen LogP contribution in [-0.4, -0.2) is 42.2 Å². The predicted molar refractivity (Wildman–Crippen MR) is 72.5 cm³/mol. The van der Waals surface area contributed by atoms with Gasteiger partial charge in [0, 0.05) is 6.54 Å². The first-order chi connectivity index (χ1) is 9.26. The second-order valence-corrected chi connectivity index (χ2v) is 5.54. The van der Waals surface area contributed by atoms with Crippen molar-refractivity contribution in [2.24, 2.45) is 5.41 Å². The first-order valence-corrected chi connectivity index (χ1v) is 6.95.